The zero-order valence-corrected chi connectivity index (χ0v) is 16.0. The van der Waals surface area contributed by atoms with Crippen LogP contribution in [0.5, 0.6) is 0 Å². The first-order valence-electron chi connectivity index (χ1n) is 9.31. The first-order chi connectivity index (χ1) is 13.1. The van der Waals surface area contributed by atoms with Gasteiger partial charge in [-0.05, 0) is 67.2 Å². The van der Waals surface area contributed by atoms with Crippen molar-refractivity contribution in [1.29, 1.82) is 0 Å². The Morgan fingerprint density at radius 1 is 1.07 bits per heavy atom. The third kappa shape index (κ3) is 6.52. The number of amides is 2. The summed E-state index contributed by atoms with van der Waals surface area (Å²) in [7, 11) is 0. The van der Waals surface area contributed by atoms with Gasteiger partial charge in [-0.1, -0.05) is 35.9 Å². The molecule has 2 aromatic rings. The van der Waals surface area contributed by atoms with Gasteiger partial charge in [-0.2, -0.15) is 0 Å². The van der Waals surface area contributed by atoms with Gasteiger partial charge in [-0.3, -0.25) is 4.90 Å². The van der Waals surface area contributed by atoms with E-state index < -0.39 is 0 Å². The number of hydrogen-bond acceptors (Lipinski definition) is 2. The normalized spacial score (nSPS) is 15.5. The molecule has 2 aromatic carbocycles. The number of hydrogen-bond donors (Lipinski definition) is 2. The van der Waals surface area contributed by atoms with E-state index in [1.54, 1.807) is 12.1 Å². The summed E-state index contributed by atoms with van der Waals surface area (Å²) in [6.07, 6.45) is 2.14. The number of halogens is 2. The molecule has 0 unspecified atom stereocenters. The molecule has 3 rings (SSSR count). The molecule has 0 aromatic heterocycles. The Balaban J connectivity index is 1.33. The Morgan fingerprint density at radius 2 is 1.81 bits per heavy atom. The third-order valence-corrected chi connectivity index (χ3v) is 5.16. The fourth-order valence-corrected chi connectivity index (χ4v) is 3.54. The van der Waals surface area contributed by atoms with Gasteiger partial charge in [0.1, 0.15) is 5.82 Å². The number of piperidine rings is 1. The number of urea groups is 1. The molecule has 2 N–H and O–H groups in total. The predicted molar refractivity (Wildman–Crippen MR) is 106 cm³/mol. The number of carbonyl (C=O) groups is 1. The van der Waals surface area contributed by atoms with E-state index in [1.807, 2.05) is 18.2 Å². The minimum atomic E-state index is -0.273. The number of rotatable bonds is 6. The summed E-state index contributed by atoms with van der Waals surface area (Å²) < 4.78 is 12.9. The van der Waals surface area contributed by atoms with Crippen molar-refractivity contribution >= 4 is 17.6 Å². The van der Waals surface area contributed by atoms with Crippen molar-refractivity contribution in [3.63, 3.8) is 0 Å². The molecule has 1 aliphatic rings. The Labute approximate surface area is 164 Å². The molecular weight excluding hydrogens is 365 g/mol. The van der Waals surface area contributed by atoms with Crippen molar-refractivity contribution in [1.82, 2.24) is 15.5 Å². The third-order valence-electron chi connectivity index (χ3n) is 4.92. The van der Waals surface area contributed by atoms with Crippen LogP contribution in [-0.4, -0.2) is 30.6 Å². The van der Waals surface area contributed by atoms with E-state index in [1.165, 1.54) is 17.7 Å². The molecule has 6 heteroatoms. The highest BCUT2D eigenvalue weighted by atomic mass is 35.5. The van der Waals surface area contributed by atoms with Crippen LogP contribution in [-0.2, 0) is 13.1 Å². The minimum Gasteiger partial charge on any atom is -0.338 e. The second kappa shape index (κ2) is 9.72. The number of nitrogens with one attached hydrogen (secondary N) is 2. The van der Waals surface area contributed by atoms with Gasteiger partial charge in [-0.15, -0.1) is 0 Å². The monoisotopic (exact) mass is 389 g/mol. The van der Waals surface area contributed by atoms with Crippen LogP contribution in [0.2, 0.25) is 5.02 Å². The molecule has 1 fully saturated rings. The van der Waals surface area contributed by atoms with Gasteiger partial charge in [0.2, 0.25) is 0 Å². The van der Waals surface area contributed by atoms with Crippen LogP contribution in [0.3, 0.4) is 0 Å². The van der Waals surface area contributed by atoms with Gasteiger partial charge in [0.25, 0.3) is 0 Å². The van der Waals surface area contributed by atoms with E-state index in [0.717, 1.165) is 43.1 Å². The number of benzene rings is 2. The molecule has 0 aliphatic carbocycles. The number of likely N-dealkylation sites (tertiary alicyclic amines) is 1. The highest BCUT2D eigenvalue weighted by Crippen LogP contribution is 2.19. The zero-order valence-electron chi connectivity index (χ0n) is 15.3. The Bertz CT molecular complexity index is 745. The fourth-order valence-electron chi connectivity index (χ4n) is 3.33. The average Bonchev–Trinajstić information content (AvgIpc) is 2.67. The molecule has 1 heterocycles. The molecule has 1 aliphatic heterocycles. The van der Waals surface area contributed by atoms with Crippen LogP contribution in [0.15, 0.2) is 48.5 Å². The van der Waals surface area contributed by atoms with Crippen molar-refractivity contribution in [3.05, 3.63) is 70.5 Å². The Hall–Kier alpha value is -2.11. The molecule has 0 atom stereocenters. The van der Waals surface area contributed by atoms with Crippen LogP contribution >= 0.6 is 11.6 Å². The maximum absolute atomic E-state index is 12.9. The number of carbonyl (C=O) groups excluding carboxylic acids is 1. The maximum Gasteiger partial charge on any atom is 0.315 e. The molecule has 4 nitrogen and oxygen atoms in total. The largest absolute Gasteiger partial charge is 0.338 e. The lowest BCUT2D eigenvalue weighted by molar-refractivity contribution is 0.175. The van der Waals surface area contributed by atoms with E-state index in [2.05, 4.69) is 21.6 Å². The van der Waals surface area contributed by atoms with Crippen LogP contribution in [0.25, 0.3) is 0 Å². The summed E-state index contributed by atoms with van der Waals surface area (Å²) in [5.41, 5.74) is 2.11. The molecule has 2 amide bonds. The summed E-state index contributed by atoms with van der Waals surface area (Å²) in [5, 5.41) is 6.53. The molecule has 1 saturated heterocycles. The summed E-state index contributed by atoms with van der Waals surface area (Å²) in [5.74, 6) is 0.224. The summed E-state index contributed by atoms with van der Waals surface area (Å²) >= 11 is 6.05. The first kappa shape index (κ1) is 19.6. The highest BCUT2D eigenvalue weighted by Gasteiger charge is 2.19. The van der Waals surface area contributed by atoms with Gasteiger partial charge in [-0.25, -0.2) is 9.18 Å². The molecule has 27 heavy (non-hydrogen) atoms. The van der Waals surface area contributed by atoms with Gasteiger partial charge in [0, 0.05) is 24.7 Å². The van der Waals surface area contributed by atoms with Crippen molar-refractivity contribution in [2.75, 3.05) is 19.6 Å². The van der Waals surface area contributed by atoms with E-state index in [9.17, 15) is 9.18 Å². The molecule has 0 spiro atoms. The molecule has 0 bridgehead atoms. The van der Waals surface area contributed by atoms with Crippen LogP contribution < -0.4 is 10.6 Å². The van der Waals surface area contributed by atoms with E-state index in [0.29, 0.717) is 19.0 Å². The lowest BCUT2D eigenvalue weighted by atomic mass is 9.96. The second-order valence-electron chi connectivity index (χ2n) is 7.04. The lowest BCUT2D eigenvalue weighted by Gasteiger charge is -2.32. The Kier molecular flexibility index (Phi) is 7.07. The smallest absolute Gasteiger partial charge is 0.315 e. The van der Waals surface area contributed by atoms with Gasteiger partial charge >= 0.3 is 6.03 Å². The van der Waals surface area contributed by atoms with Crippen molar-refractivity contribution in [3.8, 4) is 0 Å². The van der Waals surface area contributed by atoms with E-state index in [-0.39, 0.29) is 11.8 Å². The summed E-state index contributed by atoms with van der Waals surface area (Å²) in [6, 6.07) is 13.9. The van der Waals surface area contributed by atoms with Crippen molar-refractivity contribution in [2.24, 2.45) is 5.92 Å². The maximum atomic E-state index is 12.9. The lowest BCUT2D eigenvalue weighted by Crippen LogP contribution is -2.41. The summed E-state index contributed by atoms with van der Waals surface area (Å²) in [6.45, 7) is 4.04. The first-order valence-corrected chi connectivity index (χ1v) is 9.69. The van der Waals surface area contributed by atoms with Crippen LogP contribution in [0, 0.1) is 11.7 Å². The van der Waals surface area contributed by atoms with Crippen molar-refractivity contribution in [2.45, 2.75) is 25.9 Å². The number of nitrogens with zero attached hydrogens (tertiary/aromatic N) is 1. The standard InChI is InChI=1S/C21H25ClFN3O/c22-19-3-1-2-18(12-19)15-26-10-8-17(9-11-26)14-25-21(27)24-13-16-4-6-20(23)7-5-16/h1-7,12,17H,8-11,13-15H2,(H2,24,25,27). The van der Waals surface area contributed by atoms with Crippen LogP contribution in [0.1, 0.15) is 24.0 Å². The minimum absolute atomic E-state index is 0.180. The molecular formula is C21H25ClFN3O. The summed E-state index contributed by atoms with van der Waals surface area (Å²) in [4.78, 5) is 14.4. The van der Waals surface area contributed by atoms with Gasteiger partial charge in [0.15, 0.2) is 0 Å². The quantitative estimate of drug-likeness (QED) is 0.778. The van der Waals surface area contributed by atoms with Gasteiger partial charge < -0.3 is 10.6 Å². The Morgan fingerprint density at radius 3 is 2.52 bits per heavy atom. The molecule has 0 saturated carbocycles. The zero-order chi connectivity index (χ0) is 19.1. The molecule has 0 radical (unpaired) electrons. The van der Waals surface area contributed by atoms with Crippen LogP contribution in [0.4, 0.5) is 9.18 Å². The topological polar surface area (TPSA) is 44.4 Å². The predicted octanol–water partition coefficient (Wildman–Crippen LogP) is 4.19. The fraction of sp³-hybridized carbons (Fsp3) is 0.381. The van der Waals surface area contributed by atoms with E-state index in [4.69, 9.17) is 11.6 Å². The SMILES string of the molecule is O=C(NCc1ccc(F)cc1)NCC1CCN(Cc2cccc(Cl)c2)CC1. The van der Waals surface area contributed by atoms with E-state index >= 15 is 0 Å². The average molecular weight is 390 g/mol. The second-order valence-corrected chi connectivity index (χ2v) is 7.48. The molecule has 144 valence electrons. The van der Waals surface area contributed by atoms with Gasteiger partial charge in [0.05, 0.1) is 0 Å². The van der Waals surface area contributed by atoms with Crippen molar-refractivity contribution < 1.29 is 9.18 Å². The highest BCUT2D eigenvalue weighted by molar-refractivity contribution is 6.30.